The molecule has 3 aromatic heterocycles. The van der Waals surface area contributed by atoms with Gasteiger partial charge in [0.25, 0.3) is 11.8 Å². The van der Waals surface area contributed by atoms with E-state index in [2.05, 4.69) is 5.32 Å². The first-order chi connectivity index (χ1) is 22.0. The van der Waals surface area contributed by atoms with E-state index < -0.39 is 12.5 Å². The number of benzene rings is 1. The number of nitrogens with one attached hydrogen (secondary N) is 1. The standard InChI is InChI=1S/C34H39F2N7O3/c1-17-24-8-6-19-13-27(42(30(19)39-24)16-34(35,36)10-4-5-18-11-22(18)32(44)38-17)31-40-25-12-20(14-28(46-3)29(25)41(31)2)33(45)43-21-7-9-26(43)23(37)15-21/h6,8,12-14,17-18,21-23,26H,4-5,7,9-11,15-16,37H2,1-3H3,(H,38,44)/t17-,18-,21+,22-,23-,26-/m1/s1. The number of nitrogens with zero attached hydrogens (tertiary/aromatic N) is 5. The Hall–Kier alpha value is -4.06. The van der Waals surface area contributed by atoms with Crippen LogP contribution in [-0.4, -0.2) is 67.0 Å². The number of hydrogen-bond acceptors (Lipinski definition) is 6. The van der Waals surface area contributed by atoms with Crippen molar-refractivity contribution in [2.24, 2.45) is 24.6 Å². The summed E-state index contributed by atoms with van der Waals surface area (Å²) in [5.41, 5.74) is 9.48. The van der Waals surface area contributed by atoms with Crippen LogP contribution in [0.1, 0.15) is 74.0 Å². The highest BCUT2D eigenvalue weighted by Crippen LogP contribution is 2.44. The number of nitrogens with two attached hydrogens (primary N) is 1. The van der Waals surface area contributed by atoms with Crippen molar-refractivity contribution in [3.8, 4) is 17.3 Å². The van der Waals surface area contributed by atoms with E-state index >= 15 is 8.78 Å². The van der Waals surface area contributed by atoms with E-state index in [1.54, 1.807) is 23.8 Å². The first-order valence-corrected chi connectivity index (χ1v) is 16.3. The summed E-state index contributed by atoms with van der Waals surface area (Å²) in [6, 6.07) is 8.81. The van der Waals surface area contributed by atoms with Crippen LogP contribution < -0.4 is 15.8 Å². The molecule has 1 saturated carbocycles. The molecule has 0 radical (unpaired) electrons. The Bertz CT molecular complexity index is 1900. The Balaban J connectivity index is 1.24. The van der Waals surface area contributed by atoms with Crippen molar-refractivity contribution in [1.29, 1.82) is 0 Å². The minimum Gasteiger partial charge on any atom is -0.494 e. The molecule has 4 bridgehead atoms. The number of amides is 2. The molecule has 4 aromatic rings. The number of rotatable bonds is 3. The molecule has 1 aliphatic carbocycles. The van der Waals surface area contributed by atoms with Crippen molar-refractivity contribution in [3.63, 3.8) is 0 Å². The number of carbonyl (C=O) groups is 2. The predicted molar refractivity (Wildman–Crippen MR) is 169 cm³/mol. The number of halogens is 2. The minimum atomic E-state index is -3.00. The number of hydrogen-bond donors (Lipinski definition) is 2. The predicted octanol–water partition coefficient (Wildman–Crippen LogP) is 4.94. The monoisotopic (exact) mass is 631 g/mol. The van der Waals surface area contributed by atoms with Crippen molar-refractivity contribution in [3.05, 3.63) is 41.6 Å². The van der Waals surface area contributed by atoms with Gasteiger partial charge in [0.1, 0.15) is 16.9 Å². The molecule has 8 rings (SSSR count). The van der Waals surface area contributed by atoms with E-state index in [-0.39, 0.29) is 54.2 Å². The summed E-state index contributed by atoms with van der Waals surface area (Å²) in [6.45, 7) is 1.31. The van der Waals surface area contributed by atoms with Gasteiger partial charge in [-0.25, -0.2) is 18.7 Å². The van der Waals surface area contributed by atoms with Crippen LogP contribution in [0.2, 0.25) is 0 Å². The second kappa shape index (κ2) is 10.5. The SMILES string of the molecule is COc1cc(C(=O)N2[C@H]3CC[C@@H]2[C@H](N)C3)cc2nc(-c3cc4ccc5nc4n3CC(F)(F)CCC[C@@H]3C[C@H]3C(=O)N[C@@H]5C)n(C)c12. The third-order valence-corrected chi connectivity index (χ3v) is 10.8. The Morgan fingerprint density at radius 3 is 2.70 bits per heavy atom. The van der Waals surface area contributed by atoms with Crippen LogP contribution in [0, 0.1) is 11.8 Å². The molecule has 6 atom stereocenters. The zero-order valence-corrected chi connectivity index (χ0v) is 26.3. The van der Waals surface area contributed by atoms with Gasteiger partial charge in [0.15, 0.2) is 5.82 Å². The topological polar surface area (TPSA) is 120 Å². The summed E-state index contributed by atoms with van der Waals surface area (Å²) in [5.74, 6) is -2.15. The highest BCUT2D eigenvalue weighted by Gasteiger charge is 2.47. The van der Waals surface area contributed by atoms with Crippen LogP contribution >= 0.6 is 0 Å². The van der Waals surface area contributed by atoms with Gasteiger partial charge >= 0.3 is 0 Å². The quantitative estimate of drug-likeness (QED) is 0.331. The summed E-state index contributed by atoms with van der Waals surface area (Å²) in [7, 11) is 3.37. The van der Waals surface area contributed by atoms with Crippen LogP contribution in [0.3, 0.4) is 0 Å². The molecule has 12 heteroatoms. The lowest BCUT2D eigenvalue weighted by atomic mass is 9.97. The minimum absolute atomic E-state index is 0.0170. The molecule has 3 fully saturated rings. The van der Waals surface area contributed by atoms with E-state index in [1.165, 1.54) is 0 Å². The van der Waals surface area contributed by atoms with Crippen LogP contribution in [-0.2, 0) is 18.4 Å². The van der Waals surface area contributed by atoms with Crippen LogP contribution in [0.25, 0.3) is 33.6 Å². The number of carbonyl (C=O) groups excluding carboxylic acids is 2. The smallest absolute Gasteiger partial charge is 0.265 e. The van der Waals surface area contributed by atoms with E-state index in [0.29, 0.717) is 63.4 Å². The Labute approximate surface area is 265 Å². The number of pyridine rings is 1. The van der Waals surface area contributed by atoms with Gasteiger partial charge in [0.2, 0.25) is 5.91 Å². The molecule has 3 aliphatic heterocycles. The molecular weight excluding hydrogens is 592 g/mol. The first-order valence-electron chi connectivity index (χ1n) is 16.3. The normalized spacial score (nSPS) is 28.8. The lowest BCUT2D eigenvalue weighted by Gasteiger charge is -2.23. The molecule has 0 unspecified atom stereocenters. The van der Waals surface area contributed by atoms with Crippen molar-refractivity contribution in [1.82, 2.24) is 29.3 Å². The third kappa shape index (κ3) is 4.66. The zero-order chi connectivity index (χ0) is 32.1. The highest BCUT2D eigenvalue weighted by atomic mass is 19.3. The Kier molecular flexibility index (Phi) is 6.69. The number of imidazole rings is 1. The maximum Gasteiger partial charge on any atom is 0.265 e. The van der Waals surface area contributed by atoms with Crippen LogP contribution in [0.15, 0.2) is 30.3 Å². The molecular formula is C34H39F2N7O3. The van der Waals surface area contributed by atoms with E-state index in [9.17, 15) is 9.59 Å². The third-order valence-electron chi connectivity index (χ3n) is 10.8. The number of aryl methyl sites for hydroxylation is 1. The van der Waals surface area contributed by atoms with Gasteiger partial charge in [-0.2, -0.15) is 0 Å². The zero-order valence-electron chi connectivity index (χ0n) is 26.3. The fourth-order valence-electron chi connectivity index (χ4n) is 8.26. The van der Waals surface area contributed by atoms with Crippen molar-refractivity contribution in [2.75, 3.05) is 7.11 Å². The largest absolute Gasteiger partial charge is 0.494 e. The molecule has 242 valence electrons. The van der Waals surface area contributed by atoms with Gasteiger partial charge in [-0.05, 0) is 81.7 Å². The van der Waals surface area contributed by atoms with Crippen LogP contribution in [0.5, 0.6) is 5.75 Å². The highest BCUT2D eigenvalue weighted by molar-refractivity contribution is 6.00. The van der Waals surface area contributed by atoms with Crippen molar-refractivity contribution >= 4 is 33.9 Å². The number of alkyl halides is 2. The number of aromatic nitrogens is 4. The summed E-state index contributed by atoms with van der Waals surface area (Å²) in [6.07, 6.45) is 4.08. The number of ether oxygens (including phenoxy) is 1. The van der Waals surface area contributed by atoms with Crippen molar-refractivity contribution in [2.45, 2.75) is 88.5 Å². The molecule has 6 heterocycles. The summed E-state index contributed by atoms with van der Waals surface area (Å²) in [4.78, 5) is 38.3. The maximum atomic E-state index is 15.7. The van der Waals surface area contributed by atoms with E-state index in [0.717, 1.165) is 25.7 Å². The average Bonchev–Trinajstić information content (AvgIpc) is 3.24. The van der Waals surface area contributed by atoms with Gasteiger partial charge in [-0.1, -0.05) is 0 Å². The number of methoxy groups -OCH3 is 1. The molecule has 3 N–H and O–H groups in total. The second-order valence-electron chi connectivity index (χ2n) is 13.8. The molecule has 4 aliphatic rings. The first kappa shape index (κ1) is 29.3. The van der Waals surface area contributed by atoms with Gasteiger partial charge < -0.3 is 29.8 Å². The lowest BCUT2D eigenvalue weighted by molar-refractivity contribution is -0.123. The number of fused-ring (bicyclic) bond motifs is 5. The molecule has 0 spiro atoms. The van der Waals surface area contributed by atoms with Gasteiger partial charge in [-0.3, -0.25) is 9.59 Å². The Morgan fingerprint density at radius 1 is 1.13 bits per heavy atom. The Morgan fingerprint density at radius 2 is 1.96 bits per heavy atom. The van der Waals surface area contributed by atoms with Gasteiger partial charge in [0.05, 0.1) is 36.6 Å². The molecule has 2 saturated heterocycles. The lowest BCUT2D eigenvalue weighted by Crippen LogP contribution is -2.40. The molecule has 10 nitrogen and oxygen atoms in total. The second-order valence-corrected chi connectivity index (χ2v) is 13.8. The average molecular weight is 632 g/mol. The van der Waals surface area contributed by atoms with E-state index in [4.69, 9.17) is 20.4 Å². The van der Waals surface area contributed by atoms with E-state index in [1.807, 2.05) is 41.6 Å². The van der Waals surface area contributed by atoms with Crippen LogP contribution in [0.4, 0.5) is 8.78 Å². The summed E-state index contributed by atoms with van der Waals surface area (Å²) >= 11 is 0. The maximum absolute atomic E-state index is 15.7. The molecule has 1 aromatic carbocycles. The summed E-state index contributed by atoms with van der Waals surface area (Å²) in [5, 5.41) is 3.77. The van der Waals surface area contributed by atoms with Gasteiger partial charge in [0, 0.05) is 48.5 Å². The van der Waals surface area contributed by atoms with Gasteiger partial charge in [-0.15, -0.1) is 0 Å². The summed E-state index contributed by atoms with van der Waals surface area (Å²) < 4.78 is 40.6. The fraction of sp³-hybridized carbons (Fsp3) is 0.529. The molecule has 2 amide bonds. The molecule has 46 heavy (non-hydrogen) atoms. The fourth-order valence-corrected chi connectivity index (χ4v) is 8.26. The van der Waals surface area contributed by atoms with Crippen molar-refractivity contribution < 1.29 is 23.1 Å².